The summed E-state index contributed by atoms with van der Waals surface area (Å²) in [6.45, 7) is 3.49. The van der Waals surface area contributed by atoms with E-state index in [1.807, 2.05) is 0 Å². The summed E-state index contributed by atoms with van der Waals surface area (Å²) in [5.74, 6) is -0.858. The largest absolute Gasteiger partial charge is 0.472 e. The number of allylic oxidation sites excluding steroid dienone is 28. The van der Waals surface area contributed by atoms with Gasteiger partial charge in [-0.05, 0) is 128 Å². The summed E-state index contributed by atoms with van der Waals surface area (Å²) in [6.07, 6.45) is 101. The van der Waals surface area contributed by atoms with Gasteiger partial charge in [0, 0.05) is 19.4 Å². The van der Waals surface area contributed by atoms with Crippen molar-refractivity contribution in [1.29, 1.82) is 0 Å². The molecule has 3 N–H and O–H groups in total. The highest BCUT2D eigenvalue weighted by Crippen LogP contribution is 2.43. The van der Waals surface area contributed by atoms with Gasteiger partial charge in [0.15, 0.2) is 6.10 Å². The maximum Gasteiger partial charge on any atom is 0.472 e. The van der Waals surface area contributed by atoms with Gasteiger partial charge in [0.1, 0.15) is 6.61 Å². The van der Waals surface area contributed by atoms with Crippen LogP contribution in [0.4, 0.5) is 0 Å². The van der Waals surface area contributed by atoms with Crippen LogP contribution in [0.25, 0.3) is 0 Å². The monoisotopic (exact) mass is 1200 g/mol. The summed E-state index contributed by atoms with van der Waals surface area (Å²) < 4.78 is 33.1. The summed E-state index contributed by atoms with van der Waals surface area (Å²) in [4.78, 5) is 35.3. The number of nitrogens with two attached hydrogens (primary N) is 1. The summed E-state index contributed by atoms with van der Waals surface area (Å²) in [7, 11) is -4.41. The molecule has 2 atom stereocenters. The van der Waals surface area contributed by atoms with Gasteiger partial charge in [-0.2, -0.15) is 0 Å². The zero-order chi connectivity index (χ0) is 61.6. The van der Waals surface area contributed by atoms with E-state index < -0.39 is 32.5 Å². The lowest BCUT2D eigenvalue weighted by Gasteiger charge is -2.19. The van der Waals surface area contributed by atoms with Crippen molar-refractivity contribution in [3.8, 4) is 0 Å². The van der Waals surface area contributed by atoms with E-state index in [0.717, 1.165) is 141 Å². The molecule has 480 valence electrons. The van der Waals surface area contributed by atoms with Gasteiger partial charge in [0.25, 0.3) is 0 Å². The van der Waals surface area contributed by atoms with Crippen molar-refractivity contribution in [1.82, 2.24) is 0 Å². The molecule has 0 fully saturated rings. The Morgan fingerprint density at radius 2 is 0.612 bits per heavy atom. The molecule has 10 heteroatoms. The minimum atomic E-state index is -4.41. The molecule has 2 unspecified atom stereocenters. The number of phosphoric acid groups is 1. The Bertz CT molecular complexity index is 2000. The number of esters is 2. The molecule has 85 heavy (non-hydrogen) atoms. The maximum atomic E-state index is 12.8. The van der Waals surface area contributed by atoms with Crippen molar-refractivity contribution in [3.05, 3.63) is 170 Å². The lowest BCUT2D eigenvalue weighted by atomic mass is 10.0. The Kier molecular flexibility index (Phi) is 64.8. The summed E-state index contributed by atoms with van der Waals surface area (Å²) in [5.41, 5.74) is 5.40. The molecule has 0 aromatic rings. The van der Waals surface area contributed by atoms with Gasteiger partial charge in [-0.25, -0.2) is 4.57 Å². The minimum Gasteiger partial charge on any atom is -0.462 e. The SMILES string of the molecule is CC/C=C\C/C=C\C/C=C\C/C=C\C/C=C\C/C=C\C/C=C\CCCCCCCCCCCCCCCCCC(=O)OC(COC(=O)CCCCCCC/C=C\C/C=C\C/C=C\C/C=C\C/C=C\C/C=C\C/C=C\CC)COP(=O)(O)OCCN. The Labute approximate surface area is 521 Å². The topological polar surface area (TPSA) is 134 Å². The number of hydrogen-bond acceptors (Lipinski definition) is 8. The van der Waals surface area contributed by atoms with Crippen molar-refractivity contribution in [2.45, 2.75) is 264 Å². The number of unbranched alkanes of at least 4 members (excludes halogenated alkanes) is 20. The molecule has 0 bridgehead atoms. The van der Waals surface area contributed by atoms with Gasteiger partial charge < -0.3 is 20.1 Å². The van der Waals surface area contributed by atoms with Crippen molar-refractivity contribution >= 4 is 19.8 Å². The van der Waals surface area contributed by atoms with Crippen LogP contribution >= 0.6 is 7.82 Å². The number of ether oxygens (including phenoxy) is 2. The van der Waals surface area contributed by atoms with Crippen LogP contribution in [-0.4, -0.2) is 49.3 Å². The molecule has 0 saturated heterocycles. The normalized spacial score (nSPS) is 14.1. The standard InChI is InChI=1S/C75H122NO8P/c1-3-5-7-9-11-13-15-17-19-21-23-25-27-29-31-32-33-34-35-36-37-38-39-40-42-44-46-48-50-52-54-56-58-60-62-64-66-68-75(78)84-73(72-83-85(79,80)82-70-69-76)71-81-74(77)67-65-63-61-59-57-55-53-51-49-47-45-43-41-30-28-26-24-22-20-18-16-14-12-10-8-6-4-2/h5-8,11-14,17-20,23-26,29-31,33-34,36-37,41,45,47,51,53,73H,3-4,9-10,15-16,21-22,27-28,32,35,38-40,42-44,46,48-50,52,54-72,76H2,1-2H3,(H,79,80)/b7-5-,8-6-,13-11-,14-12-,19-17-,20-18-,25-23-,26-24-,31-29-,34-33-,37-36-,41-30-,47-45-,53-51-. The second-order valence-corrected chi connectivity index (χ2v) is 23.0. The second-order valence-electron chi connectivity index (χ2n) is 21.6. The van der Waals surface area contributed by atoms with E-state index >= 15 is 0 Å². The fraction of sp³-hybridized carbons (Fsp3) is 0.600. The van der Waals surface area contributed by atoms with Crippen molar-refractivity contribution in [3.63, 3.8) is 0 Å². The second kappa shape index (κ2) is 68.5. The number of phosphoric ester groups is 1. The Balaban J connectivity index is 3.98. The van der Waals surface area contributed by atoms with Crippen LogP contribution in [0.3, 0.4) is 0 Å². The average molecular weight is 1200 g/mol. The molecule has 0 aliphatic heterocycles. The van der Waals surface area contributed by atoms with Crippen LogP contribution in [0.15, 0.2) is 170 Å². The van der Waals surface area contributed by atoms with Gasteiger partial charge in [0.05, 0.1) is 13.2 Å². The van der Waals surface area contributed by atoms with Crippen LogP contribution in [-0.2, 0) is 32.7 Å². The molecule has 0 aromatic heterocycles. The van der Waals surface area contributed by atoms with Gasteiger partial charge in [-0.3, -0.25) is 18.6 Å². The van der Waals surface area contributed by atoms with Crippen molar-refractivity contribution in [2.75, 3.05) is 26.4 Å². The van der Waals surface area contributed by atoms with E-state index in [4.69, 9.17) is 24.3 Å². The molecule has 0 heterocycles. The average Bonchev–Trinajstić information content (AvgIpc) is 3.52. The van der Waals surface area contributed by atoms with E-state index in [2.05, 4.69) is 184 Å². The Hall–Kier alpha value is -4.63. The molecule has 0 aliphatic rings. The quantitative estimate of drug-likeness (QED) is 0.0264. The lowest BCUT2D eigenvalue weighted by Crippen LogP contribution is -2.29. The molecular weight excluding hydrogens is 1070 g/mol. The van der Waals surface area contributed by atoms with Gasteiger partial charge >= 0.3 is 19.8 Å². The third kappa shape index (κ3) is 68.4. The van der Waals surface area contributed by atoms with E-state index in [0.29, 0.717) is 12.8 Å². The first-order chi connectivity index (χ1) is 41.8. The number of carbonyl (C=O) groups excluding carboxylic acids is 2. The van der Waals surface area contributed by atoms with Crippen LogP contribution in [0.5, 0.6) is 0 Å². The fourth-order valence-electron chi connectivity index (χ4n) is 8.71. The van der Waals surface area contributed by atoms with Crippen LogP contribution in [0.2, 0.25) is 0 Å². The van der Waals surface area contributed by atoms with Gasteiger partial charge in [-0.1, -0.05) is 287 Å². The van der Waals surface area contributed by atoms with Crippen LogP contribution in [0.1, 0.15) is 258 Å². The highest BCUT2D eigenvalue weighted by Gasteiger charge is 2.26. The number of rotatable bonds is 61. The zero-order valence-corrected chi connectivity index (χ0v) is 54.7. The fourth-order valence-corrected chi connectivity index (χ4v) is 9.48. The number of carbonyl (C=O) groups is 2. The maximum absolute atomic E-state index is 12.8. The molecule has 0 spiro atoms. The molecule has 0 aliphatic carbocycles. The summed E-state index contributed by atoms with van der Waals surface area (Å²) in [5, 5.41) is 0. The Morgan fingerprint density at radius 3 is 0.906 bits per heavy atom. The summed E-state index contributed by atoms with van der Waals surface area (Å²) >= 11 is 0. The van der Waals surface area contributed by atoms with Crippen molar-refractivity contribution < 1.29 is 37.6 Å². The number of hydrogen-bond donors (Lipinski definition) is 2. The smallest absolute Gasteiger partial charge is 0.462 e. The Morgan fingerprint density at radius 1 is 0.353 bits per heavy atom. The molecule has 0 rings (SSSR count). The molecule has 0 amide bonds. The highest BCUT2D eigenvalue weighted by molar-refractivity contribution is 7.47. The summed E-state index contributed by atoms with van der Waals surface area (Å²) in [6, 6.07) is 0. The van der Waals surface area contributed by atoms with E-state index in [1.165, 1.54) is 77.0 Å². The zero-order valence-electron chi connectivity index (χ0n) is 53.8. The molecule has 0 radical (unpaired) electrons. The molecule has 0 saturated carbocycles. The minimum absolute atomic E-state index is 0.0424. The van der Waals surface area contributed by atoms with E-state index in [9.17, 15) is 19.0 Å². The third-order valence-corrected chi connectivity index (χ3v) is 14.6. The van der Waals surface area contributed by atoms with Gasteiger partial charge in [0.2, 0.25) is 0 Å². The first-order valence-electron chi connectivity index (χ1n) is 33.6. The van der Waals surface area contributed by atoms with Crippen molar-refractivity contribution in [2.24, 2.45) is 5.73 Å². The van der Waals surface area contributed by atoms with Crippen LogP contribution < -0.4 is 5.73 Å². The van der Waals surface area contributed by atoms with Gasteiger partial charge in [-0.15, -0.1) is 0 Å². The highest BCUT2D eigenvalue weighted by atomic mass is 31.2. The lowest BCUT2D eigenvalue weighted by molar-refractivity contribution is -0.161. The van der Waals surface area contributed by atoms with Crippen LogP contribution in [0, 0.1) is 0 Å². The molecule has 9 nitrogen and oxygen atoms in total. The first kappa shape index (κ1) is 80.4. The predicted molar refractivity (Wildman–Crippen MR) is 366 cm³/mol. The molecule has 0 aromatic carbocycles. The third-order valence-electron chi connectivity index (χ3n) is 13.6. The van der Waals surface area contributed by atoms with E-state index in [-0.39, 0.29) is 32.6 Å². The van der Waals surface area contributed by atoms with E-state index in [1.54, 1.807) is 0 Å². The first-order valence-corrected chi connectivity index (χ1v) is 35.1. The predicted octanol–water partition coefficient (Wildman–Crippen LogP) is 22.2. The molecular formula is C75H122NO8P.